The van der Waals surface area contributed by atoms with Gasteiger partial charge < -0.3 is 14.4 Å². The van der Waals surface area contributed by atoms with Crippen LogP contribution in [0, 0.1) is 5.92 Å². The minimum Gasteiger partial charge on any atom is -0.347 e. The van der Waals surface area contributed by atoms with Gasteiger partial charge in [0.05, 0.1) is 13.2 Å². The molecule has 0 aromatic rings. The van der Waals surface area contributed by atoms with Gasteiger partial charge in [-0.25, -0.2) is 0 Å². The van der Waals surface area contributed by atoms with E-state index in [-0.39, 0.29) is 11.7 Å². The van der Waals surface area contributed by atoms with Crippen molar-refractivity contribution in [2.45, 2.75) is 37.9 Å². The zero-order chi connectivity index (χ0) is 12.4. The Morgan fingerprint density at radius 3 is 2.50 bits per heavy atom. The van der Waals surface area contributed by atoms with E-state index in [1.807, 2.05) is 4.90 Å². The van der Waals surface area contributed by atoms with E-state index in [2.05, 4.69) is 12.2 Å². The molecule has 100 valence electrons. The highest BCUT2D eigenvalue weighted by Crippen LogP contribution is 2.32. The Bertz CT molecular complexity index is 337. The molecule has 2 aliphatic heterocycles. The van der Waals surface area contributed by atoms with E-state index in [0.717, 1.165) is 45.2 Å². The maximum absolute atomic E-state index is 12.4. The van der Waals surface area contributed by atoms with Gasteiger partial charge in [0.1, 0.15) is 0 Å². The van der Waals surface area contributed by atoms with Crippen molar-refractivity contribution in [2.24, 2.45) is 5.92 Å². The van der Waals surface area contributed by atoms with Crippen LogP contribution in [0.2, 0.25) is 0 Å². The molecule has 3 aliphatic rings. The first-order valence-corrected chi connectivity index (χ1v) is 7.01. The van der Waals surface area contributed by atoms with Gasteiger partial charge in [-0.1, -0.05) is 12.2 Å². The SMILES string of the molecule is O=C(C1CC=CCC1)N1CCC2(CC1)OCCO2. The molecule has 2 heterocycles. The molecule has 0 aromatic carbocycles. The Morgan fingerprint density at radius 1 is 1.17 bits per heavy atom. The second-order valence-corrected chi connectivity index (χ2v) is 5.41. The van der Waals surface area contributed by atoms with Crippen LogP contribution >= 0.6 is 0 Å². The second-order valence-electron chi connectivity index (χ2n) is 5.41. The fraction of sp³-hybridized carbons (Fsp3) is 0.786. The van der Waals surface area contributed by atoms with Crippen LogP contribution in [-0.4, -0.2) is 42.9 Å². The number of nitrogens with zero attached hydrogens (tertiary/aromatic N) is 1. The lowest BCUT2D eigenvalue weighted by molar-refractivity contribution is -0.188. The molecule has 1 amide bonds. The van der Waals surface area contributed by atoms with E-state index < -0.39 is 0 Å². The van der Waals surface area contributed by atoms with E-state index in [1.165, 1.54) is 0 Å². The number of likely N-dealkylation sites (tertiary alicyclic amines) is 1. The van der Waals surface area contributed by atoms with Gasteiger partial charge in [0.25, 0.3) is 0 Å². The summed E-state index contributed by atoms with van der Waals surface area (Å²) in [6.45, 7) is 2.95. The number of ether oxygens (including phenoxy) is 2. The highest BCUT2D eigenvalue weighted by atomic mass is 16.7. The van der Waals surface area contributed by atoms with Gasteiger partial charge in [-0.15, -0.1) is 0 Å². The van der Waals surface area contributed by atoms with Crippen molar-refractivity contribution < 1.29 is 14.3 Å². The third kappa shape index (κ3) is 2.31. The van der Waals surface area contributed by atoms with Crippen molar-refractivity contribution in [3.63, 3.8) is 0 Å². The van der Waals surface area contributed by atoms with Gasteiger partial charge >= 0.3 is 0 Å². The summed E-state index contributed by atoms with van der Waals surface area (Å²) in [6.07, 6.45) is 8.91. The van der Waals surface area contributed by atoms with Gasteiger partial charge in [-0.3, -0.25) is 4.79 Å². The fourth-order valence-corrected chi connectivity index (χ4v) is 3.13. The summed E-state index contributed by atoms with van der Waals surface area (Å²) in [6, 6.07) is 0. The Balaban J connectivity index is 1.55. The molecule has 1 atom stereocenters. The second kappa shape index (κ2) is 5.02. The molecular weight excluding hydrogens is 230 g/mol. The fourth-order valence-electron chi connectivity index (χ4n) is 3.13. The topological polar surface area (TPSA) is 38.8 Å². The third-order valence-corrected chi connectivity index (χ3v) is 4.27. The van der Waals surface area contributed by atoms with Crippen molar-refractivity contribution in [3.8, 4) is 0 Å². The van der Waals surface area contributed by atoms with Crippen LogP contribution in [0.5, 0.6) is 0 Å². The van der Waals surface area contributed by atoms with Crippen molar-refractivity contribution in [3.05, 3.63) is 12.2 Å². The molecule has 0 aromatic heterocycles. The standard InChI is InChI=1S/C14H21NO3/c16-13(12-4-2-1-3-5-12)15-8-6-14(7-9-15)17-10-11-18-14/h1-2,12H,3-11H2. The lowest BCUT2D eigenvalue weighted by Gasteiger charge is -2.39. The number of carbonyl (C=O) groups excluding carboxylic acids is 1. The van der Waals surface area contributed by atoms with Crippen molar-refractivity contribution >= 4 is 5.91 Å². The van der Waals surface area contributed by atoms with Crippen molar-refractivity contribution in [2.75, 3.05) is 26.3 Å². The maximum atomic E-state index is 12.4. The molecule has 2 fully saturated rings. The van der Waals surface area contributed by atoms with Crippen molar-refractivity contribution in [1.82, 2.24) is 4.90 Å². The van der Waals surface area contributed by atoms with Crippen LogP contribution in [-0.2, 0) is 14.3 Å². The quantitative estimate of drug-likeness (QED) is 0.666. The van der Waals surface area contributed by atoms with Gasteiger partial charge in [0, 0.05) is 31.8 Å². The van der Waals surface area contributed by atoms with Crippen LogP contribution < -0.4 is 0 Å². The number of allylic oxidation sites excluding steroid dienone is 2. The minimum atomic E-state index is -0.372. The molecule has 2 saturated heterocycles. The number of carbonyl (C=O) groups is 1. The van der Waals surface area contributed by atoms with Crippen LogP contribution in [0.4, 0.5) is 0 Å². The molecule has 0 bridgehead atoms. The molecular formula is C14H21NO3. The van der Waals surface area contributed by atoms with E-state index in [9.17, 15) is 4.79 Å². The van der Waals surface area contributed by atoms with Gasteiger partial charge in [0.2, 0.25) is 5.91 Å². The maximum Gasteiger partial charge on any atom is 0.226 e. The zero-order valence-electron chi connectivity index (χ0n) is 10.8. The summed E-state index contributed by atoms with van der Waals surface area (Å²) >= 11 is 0. The molecule has 18 heavy (non-hydrogen) atoms. The lowest BCUT2D eigenvalue weighted by Crippen LogP contribution is -2.49. The highest BCUT2D eigenvalue weighted by Gasteiger charge is 2.41. The first kappa shape index (κ1) is 12.2. The van der Waals surface area contributed by atoms with E-state index in [1.54, 1.807) is 0 Å². The summed E-state index contributed by atoms with van der Waals surface area (Å²) in [4.78, 5) is 14.4. The molecule has 3 rings (SSSR count). The summed E-state index contributed by atoms with van der Waals surface area (Å²) in [5.74, 6) is 0.158. The Hall–Kier alpha value is -0.870. The van der Waals surface area contributed by atoms with Crippen LogP contribution in [0.3, 0.4) is 0 Å². The number of hydrogen-bond donors (Lipinski definition) is 0. The average Bonchev–Trinajstić information content (AvgIpc) is 2.88. The summed E-state index contributed by atoms with van der Waals surface area (Å²) in [5.41, 5.74) is 0. The highest BCUT2D eigenvalue weighted by molar-refractivity contribution is 5.79. The largest absolute Gasteiger partial charge is 0.347 e. The van der Waals surface area contributed by atoms with E-state index in [0.29, 0.717) is 19.1 Å². The van der Waals surface area contributed by atoms with Crippen LogP contribution in [0.25, 0.3) is 0 Å². The first-order chi connectivity index (χ1) is 8.79. The number of hydrogen-bond acceptors (Lipinski definition) is 3. The van der Waals surface area contributed by atoms with E-state index in [4.69, 9.17) is 9.47 Å². The molecule has 1 aliphatic carbocycles. The molecule has 0 radical (unpaired) electrons. The zero-order valence-corrected chi connectivity index (χ0v) is 10.8. The molecule has 0 N–H and O–H groups in total. The summed E-state index contributed by atoms with van der Waals surface area (Å²) in [5, 5.41) is 0. The summed E-state index contributed by atoms with van der Waals surface area (Å²) in [7, 11) is 0. The molecule has 0 saturated carbocycles. The Morgan fingerprint density at radius 2 is 1.89 bits per heavy atom. The van der Waals surface area contributed by atoms with Gasteiger partial charge in [-0.05, 0) is 19.3 Å². The monoisotopic (exact) mass is 251 g/mol. The normalized spacial score (nSPS) is 30.9. The average molecular weight is 251 g/mol. The lowest BCUT2D eigenvalue weighted by atomic mass is 9.92. The number of amides is 1. The summed E-state index contributed by atoms with van der Waals surface area (Å²) < 4.78 is 11.4. The molecule has 1 spiro atoms. The Kier molecular flexibility index (Phi) is 3.39. The van der Waals surface area contributed by atoms with E-state index >= 15 is 0 Å². The van der Waals surface area contributed by atoms with Crippen LogP contribution in [0.1, 0.15) is 32.1 Å². The third-order valence-electron chi connectivity index (χ3n) is 4.27. The molecule has 1 unspecified atom stereocenters. The first-order valence-electron chi connectivity index (χ1n) is 7.01. The number of rotatable bonds is 1. The predicted octanol–water partition coefficient (Wildman–Crippen LogP) is 1.71. The van der Waals surface area contributed by atoms with Gasteiger partial charge in [0.15, 0.2) is 5.79 Å². The number of piperidine rings is 1. The smallest absolute Gasteiger partial charge is 0.226 e. The van der Waals surface area contributed by atoms with Crippen LogP contribution in [0.15, 0.2) is 12.2 Å². The predicted molar refractivity (Wildman–Crippen MR) is 66.9 cm³/mol. The Labute approximate surface area is 108 Å². The van der Waals surface area contributed by atoms with Crippen molar-refractivity contribution in [1.29, 1.82) is 0 Å². The minimum absolute atomic E-state index is 0.203. The molecule has 4 nitrogen and oxygen atoms in total. The molecule has 4 heteroatoms. The van der Waals surface area contributed by atoms with Gasteiger partial charge in [-0.2, -0.15) is 0 Å².